The summed E-state index contributed by atoms with van der Waals surface area (Å²) in [6.07, 6.45) is 6.60. The number of rotatable bonds is 10. The van der Waals surface area contributed by atoms with Crippen molar-refractivity contribution in [2.75, 3.05) is 11.5 Å². The number of benzene rings is 1. The number of anilines is 1. The number of allylic oxidation sites excluding steroid dienone is 2. The molecule has 39 heavy (non-hydrogen) atoms. The third-order valence-corrected chi connectivity index (χ3v) is 8.22. The molecule has 206 valence electrons. The summed E-state index contributed by atoms with van der Waals surface area (Å²) >= 11 is 0. The topological polar surface area (TPSA) is 123 Å². The molecule has 1 aliphatic carbocycles. The molecule has 2 aromatic rings. The first-order valence-corrected chi connectivity index (χ1v) is 13.7. The number of aliphatic hydroxyl groups excluding tert-OH is 1. The zero-order valence-electron chi connectivity index (χ0n) is 22.3. The van der Waals surface area contributed by atoms with Crippen molar-refractivity contribution in [1.29, 1.82) is 0 Å². The molecule has 9 nitrogen and oxygen atoms in total. The number of ether oxygens (including phenoxy) is 1. The quantitative estimate of drug-likeness (QED) is 0.183. The van der Waals surface area contributed by atoms with Crippen LogP contribution in [-0.2, 0) is 20.9 Å². The molecule has 0 radical (unpaired) electrons. The van der Waals surface area contributed by atoms with Crippen molar-refractivity contribution in [2.24, 2.45) is 17.8 Å². The van der Waals surface area contributed by atoms with Crippen LogP contribution >= 0.6 is 0 Å². The van der Waals surface area contributed by atoms with E-state index in [1.165, 1.54) is 34.9 Å². The van der Waals surface area contributed by atoms with Crippen molar-refractivity contribution in [1.82, 2.24) is 0 Å². The maximum absolute atomic E-state index is 13.7. The number of non-ortho nitro benzene ring substituents is 1. The number of aliphatic hydroxyl groups is 1. The lowest BCUT2D eigenvalue weighted by atomic mass is 9.68. The largest absolute Gasteiger partial charge is 0.459 e. The van der Waals surface area contributed by atoms with Crippen LogP contribution in [0.25, 0.3) is 6.08 Å². The highest BCUT2D eigenvalue weighted by Gasteiger charge is 2.57. The number of nitro benzene ring substituents is 1. The first-order valence-electron chi connectivity index (χ1n) is 13.7. The summed E-state index contributed by atoms with van der Waals surface area (Å²) in [6, 6.07) is 9.35. The van der Waals surface area contributed by atoms with Gasteiger partial charge in [-0.1, -0.05) is 37.5 Å². The molecule has 1 aromatic heterocycles. The van der Waals surface area contributed by atoms with Crippen molar-refractivity contribution >= 4 is 29.3 Å². The summed E-state index contributed by atoms with van der Waals surface area (Å²) in [7, 11) is 0. The van der Waals surface area contributed by atoms with Crippen molar-refractivity contribution in [2.45, 2.75) is 65.1 Å². The highest BCUT2D eigenvalue weighted by Crippen LogP contribution is 2.51. The number of carbonyl (C=O) groups is 2. The molecule has 5 rings (SSSR count). The zero-order valence-corrected chi connectivity index (χ0v) is 22.3. The predicted octanol–water partition coefficient (Wildman–Crippen LogP) is 5.57. The van der Waals surface area contributed by atoms with Gasteiger partial charge in [0.25, 0.3) is 5.69 Å². The van der Waals surface area contributed by atoms with E-state index in [2.05, 4.69) is 13.8 Å². The summed E-state index contributed by atoms with van der Waals surface area (Å²) in [5, 5.41) is 20.6. The highest BCUT2D eigenvalue weighted by molar-refractivity contribution is 6.22. The molecule has 2 saturated heterocycles. The molecule has 0 bridgehead atoms. The smallest absolute Gasteiger partial charge is 0.271 e. The number of nitro groups is 1. The van der Waals surface area contributed by atoms with E-state index < -0.39 is 16.8 Å². The number of hydrogen-bond acceptors (Lipinski definition) is 7. The lowest BCUT2D eigenvalue weighted by Crippen LogP contribution is -2.34. The Morgan fingerprint density at radius 2 is 2.00 bits per heavy atom. The fourth-order valence-corrected chi connectivity index (χ4v) is 6.44. The normalized spacial score (nSPS) is 24.9. The van der Waals surface area contributed by atoms with Gasteiger partial charge < -0.3 is 14.3 Å². The van der Waals surface area contributed by atoms with Crippen molar-refractivity contribution in [3.63, 3.8) is 0 Å². The van der Waals surface area contributed by atoms with Crippen LogP contribution in [0.1, 0.15) is 63.9 Å². The summed E-state index contributed by atoms with van der Waals surface area (Å²) < 4.78 is 11.9. The maximum atomic E-state index is 13.7. The Labute approximate surface area is 227 Å². The Balaban J connectivity index is 1.38. The first kappa shape index (κ1) is 27.0. The number of imide groups is 1. The first-order chi connectivity index (χ1) is 18.9. The standard InChI is InChI=1S/C30H34N2O7/c1-3-6-19-14-24-28(30(35)31(29(24)34)20-7-5-8-21(15-20)32(36)37)25-17-38-26(27(19)25)12-9-18(4-2)13-22-10-11-23(16-33)39-22/h5,7-8,10-11,13,15,24-26,28,33H,3-4,6,9,12,14,16-17H2,1-2H3/b18-13+/t24-,25+,26-,28-/m1/s1. The van der Waals surface area contributed by atoms with Gasteiger partial charge in [0.05, 0.1) is 35.2 Å². The van der Waals surface area contributed by atoms with Crippen LogP contribution < -0.4 is 4.90 Å². The van der Waals surface area contributed by atoms with Crippen LogP contribution in [0.4, 0.5) is 11.4 Å². The highest BCUT2D eigenvalue weighted by atomic mass is 16.6. The Morgan fingerprint density at radius 1 is 1.18 bits per heavy atom. The van der Waals surface area contributed by atoms with E-state index in [1.54, 1.807) is 12.1 Å². The second kappa shape index (κ2) is 11.3. The number of hydrogen-bond donors (Lipinski definition) is 1. The Hall–Kier alpha value is -3.56. The third-order valence-electron chi connectivity index (χ3n) is 8.22. The number of nitrogens with zero attached hydrogens (tertiary/aromatic N) is 2. The maximum Gasteiger partial charge on any atom is 0.271 e. The van der Waals surface area contributed by atoms with Gasteiger partial charge in [-0.2, -0.15) is 0 Å². The van der Waals surface area contributed by atoms with Gasteiger partial charge >= 0.3 is 0 Å². The summed E-state index contributed by atoms with van der Waals surface area (Å²) in [5.74, 6) is -0.484. The van der Waals surface area contributed by atoms with E-state index in [-0.39, 0.29) is 41.8 Å². The molecule has 0 unspecified atom stereocenters. The van der Waals surface area contributed by atoms with Crippen molar-refractivity contribution in [3.8, 4) is 0 Å². The van der Waals surface area contributed by atoms with Crippen LogP contribution in [0.3, 0.4) is 0 Å². The monoisotopic (exact) mass is 534 g/mol. The van der Waals surface area contributed by atoms with E-state index in [4.69, 9.17) is 9.15 Å². The molecule has 3 aliphatic rings. The second-order valence-electron chi connectivity index (χ2n) is 10.5. The van der Waals surface area contributed by atoms with Gasteiger partial charge in [0.2, 0.25) is 11.8 Å². The van der Waals surface area contributed by atoms with E-state index in [9.17, 15) is 24.8 Å². The summed E-state index contributed by atoms with van der Waals surface area (Å²) in [5.41, 5.74) is 3.70. The molecule has 4 atom stereocenters. The lowest BCUT2D eigenvalue weighted by molar-refractivity contribution is -0.384. The average Bonchev–Trinajstić information content (AvgIpc) is 3.63. The third kappa shape index (κ3) is 5.08. The van der Waals surface area contributed by atoms with E-state index >= 15 is 0 Å². The summed E-state index contributed by atoms with van der Waals surface area (Å²) in [6.45, 7) is 4.46. The van der Waals surface area contributed by atoms with Crippen molar-refractivity contribution in [3.05, 3.63) is 74.8 Å². The molecule has 1 aromatic carbocycles. The van der Waals surface area contributed by atoms with Crippen LogP contribution in [0.5, 0.6) is 0 Å². The number of amides is 2. The van der Waals surface area contributed by atoms with Gasteiger partial charge in [0.1, 0.15) is 18.1 Å². The molecule has 0 spiro atoms. The van der Waals surface area contributed by atoms with Gasteiger partial charge in [0, 0.05) is 18.1 Å². The average molecular weight is 535 g/mol. The second-order valence-corrected chi connectivity index (χ2v) is 10.5. The molecule has 2 amide bonds. The van der Waals surface area contributed by atoms with Crippen LogP contribution in [0.15, 0.2) is 57.5 Å². The van der Waals surface area contributed by atoms with Gasteiger partial charge in [-0.25, -0.2) is 4.90 Å². The Bertz CT molecular complexity index is 1340. The van der Waals surface area contributed by atoms with Gasteiger partial charge in [-0.15, -0.1) is 0 Å². The SMILES string of the molecule is CCCC1=C2[C@@H](CC/C(=C/c3ccc(CO)o3)CC)OC[C@@H]2[C@@H]2C(=O)N(c3cccc([N+](=O)[O-])c3)C(=O)[C@@H]2C1. The minimum absolute atomic E-state index is 0.119. The molecule has 1 N–H and O–H groups in total. The molecular weight excluding hydrogens is 500 g/mol. The number of carbonyl (C=O) groups excluding carboxylic acids is 2. The molecule has 2 fully saturated rings. The van der Waals surface area contributed by atoms with E-state index in [0.29, 0.717) is 24.5 Å². The lowest BCUT2D eigenvalue weighted by Gasteiger charge is -2.32. The van der Waals surface area contributed by atoms with E-state index in [0.717, 1.165) is 37.0 Å². The number of fused-ring (bicyclic) bond motifs is 3. The minimum atomic E-state index is -0.521. The molecule has 9 heteroatoms. The van der Waals surface area contributed by atoms with Crippen LogP contribution in [0, 0.1) is 27.9 Å². The molecule has 2 aliphatic heterocycles. The Morgan fingerprint density at radius 3 is 2.69 bits per heavy atom. The Kier molecular flexibility index (Phi) is 7.81. The minimum Gasteiger partial charge on any atom is -0.459 e. The fraction of sp³-hybridized carbons (Fsp3) is 0.467. The summed E-state index contributed by atoms with van der Waals surface area (Å²) in [4.78, 5) is 39.2. The van der Waals surface area contributed by atoms with Crippen LogP contribution in [-0.4, -0.2) is 34.6 Å². The molecule has 0 saturated carbocycles. The van der Waals surface area contributed by atoms with Gasteiger partial charge in [0.15, 0.2) is 0 Å². The number of furan rings is 1. The molecule has 3 heterocycles. The molecular formula is C30H34N2O7. The van der Waals surface area contributed by atoms with Crippen LogP contribution in [0.2, 0.25) is 0 Å². The van der Waals surface area contributed by atoms with Crippen molar-refractivity contribution < 1.29 is 28.8 Å². The zero-order chi connectivity index (χ0) is 27.7. The van der Waals surface area contributed by atoms with Gasteiger partial charge in [-0.05, 0) is 62.0 Å². The fourth-order valence-electron chi connectivity index (χ4n) is 6.44. The van der Waals surface area contributed by atoms with E-state index in [1.807, 2.05) is 12.1 Å². The van der Waals surface area contributed by atoms with Gasteiger partial charge in [-0.3, -0.25) is 19.7 Å². The predicted molar refractivity (Wildman–Crippen MR) is 144 cm³/mol.